The van der Waals surface area contributed by atoms with E-state index in [4.69, 9.17) is 9.47 Å². The van der Waals surface area contributed by atoms with Crippen LogP contribution >= 0.6 is 0 Å². The summed E-state index contributed by atoms with van der Waals surface area (Å²) in [5.41, 5.74) is 0. The van der Waals surface area contributed by atoms with E-state index in [9.17, 15) is 24.3 Å². The van der Waals surface area contributed by atoms with Gasteiger partial charge in [0.2, 0.25) is 11.8 Å². The molecule has 2 fully saturated rings. The Balaban J connectivity index is 1.69. The average molecular weight is 961 g/mol. The Kier molecular flexibility index (Phi) is 38.7. The fourth-order valence-corrected chi connectivity index (χ4v) is 10.7. The molecule has 0 spiro atoms. The lowest BCUT2D eigenvalue weighted by Gasteiger charge is -2.28. The van der Waals surface area contributed by atoms with Gasteiger partial charge in [0.15, 0.2) is 0 Å². The van der Waals surface area contributed by atoms with Gasteiger partial charge in [-0.2, -0.15) is 0 Å². The quantitative estimate of drug-likeness (QED) is 0.0474. The highest BCUT2D eigenvalue weighted by Gasteiger charge is 2.39. The maximum Gasteiger partial charge on any atom is 0.328 e. The van der Waals surface area contributed by atoms with Crippen molar-refractivity contribution < 1.29 is 33.8 Å². The number of esters is 2. The molecule has 0 aromatic heterocycles. The Morgan fingerprint density at radius 1 is 0.441 bits per heavy atom. The van der Waals surface area contributed by atoms with Gasteiger partial charge >= 0.3 is 11.9 Å². The predicted molar refractivity (Wildman–Crippen MR) is 282 cm³/mol. The largest absolute Gasteiger partial charge is 0.464 e. The number of carbonyl (C=O) groups is 4. The average Bonchev–Trinajstić information content (AvgIpc) is 4.05. The molecule has 1 N–H and O–H groups in total. The summed E-state index contributed by atoms with van der Waals surface area (Å²) in [5, 5.41) is 9.41. The Hall–Kier alpha value is -2.20. The van der Waals surface area contributed by atoms with Crippen LogP contribution in [0.25, 0.3) is 0 Å². The maximum atomic E-state index is 13.9. The lowest BCUT2D eigenvalue weighted by Crippen LogP contribution is -2.44. The first kappa shape index (κ1) is 61.9. The third-order valence-corrected chi connectivity index (χ3v) is 15.0. The first-order valence-electron chi connectivity index (χ1n) is 29.6. The summed E-state index contributed by atoms with van der Waals surface area (Å²) in [4.78, 5) is 60.6. The highest BCUT2D eigenvalue weighted by Crippen LogP contribution is 2.29. The molecule has 4 atom stereocenters. The van der Waals surface area contributed by atoms with Crippen LogP contribution in [-0.2, 0) is 28.7 Å². The fourth-order valence-electron chi connectivity index (χ4n) is 10.7. The monoisotopic (exact) mass is 960 g/mol. The van der Waals surface area contributed by atoms with E-state index in [-0.39, 0.29) is 42.2 Å². The maximum absolute atomic E-state index is 13.9. The van der Waals surface area contributed by atoms with Crippen LogP contribution in [0.15, 0.2) is 0 Å². The van der Waals surface area contributed by atoms with Crippen molar-refractivity contribution in [1.82, 2.24) is 14.7 Å². The first-order chi connectivity index (χ1) is 33.3. The molecule has 2 rings (SSSR count). The molecule has 0 bridgehead atoms. The van der Waals surface area contributed by atoms with E-state index in [1.807, 2.05) is 9.80 Å². The highest BCUT2D eigenvalue weighted by atomic mass is 16.5. The van der Waals surface area contributed by atoms with Crippen molar-refractivity contribution in [2.75, 3.05) is 52.5 Å². The molecule has 398 valence electrons. The summed E-state index contributed by atoms with van der Waals surface area (Å²) in [6.45, 7) is 14.4. The van der Waals surface area contributed by atoms with Crippen molar-refractivity contribution >= 4 is 23.8 Å². The zero-order chi connectivity index (χ0) is 49.3. The molecule has 0 saturated carbocycles. The lowest BCUT2D eigenvalue weighted by atomic mass is 9.92. The smallest absolute Gasteiger partial charge is 0.328 e. The number of amides is 2. The van der Waals surface area contributed by atoms with Crippen molar-refractivity contribution in [1.29, 1.82) is 0 Å². The van der Waals surface area contributed by atoms with Crippen LogP contribution < -0.4 is 0 Å². The second-order valence-electron chi connectivity index (χ2n) is 21.0. The molecule has 2 heterocycles. The molecule has 0 aliphatic carbocycles. The molecule has 68 heavy (non-hydrogen) atoms. The van der Waals surface area contributed by atoms with E-state index in [0.29, 0.717) is 39.1 Å². The third kappa shape index (κ3) is 28.0. The van der Waals surface area contributed by atoms with E-state index in [2.05, 4.69) is 32.6 Å². The number of carbonyl (C=O) groups excluding carboxylic acids is 4. The zero-order valence-electron chi connectivity index (χ0n) is 45.1. The van der Waals surface area contributed by atoms with E-state index in [0.717, 1.165) is 148 Å². The second-order valence-corrected chi connectivity index (χ2v) is 21.0. The lowest BCUT2D eigenvalue weighted by molar-refractivity contribution is -0.155. The molecule has 2 amide bonds. The number of unbranched alkanes of at least 4 members (excludes halogenated alkanes) is 23. The van der Waals surface area contributed by atoms with Crippen LogP contribution in [0, 0.1) is 11.8 Å². The summed E-state index contributed by atoms with van der Waals surface area (Å²) in [6.07, 6.45) is 40.8. The van der Waals surface area contributed by atoms with Gasteiger partial charge in [-0.05, 0) is 110 Å². The highest BCUT2D eigenvalue weighted by molar-refractivity contribution is 5.87. The first-order valence-corrected chi connectivity index (χ1v) is 29.6. The van der Waals surface area contributed by atoms with Crippen molar-refractivity contribution in [3.05, 3.63) is 0 Å². The van der Waals surface area contributed by atoms with Gasteiger partial charge in [0.05, 0.1) is 13.2 Å². The number of likely N-dealkylation sites (tertiary alicyclic amines) is 2. The molecule has 0 radical (unpaired) electrons. The van der Waals surface area contributed by atoms with Crippen LogP contribution in [0.4, 0.5) is 0 Å². The number of ether oxygens (including phenoxy) is 2. The number of aliphatic hydroxyl groups excluding tert-OH is 1. The summed E-state index contributed by atoms with van der Waals surface area (Å²) < 4.78 is 11.6. The minimum absolute atomic E-state index is 0.0293. The molecule has 2 aliphatic rings. The van der Waals surface area contributed by atoms with E-state index in [1.54, 1.807) is 0 Å². The predicted octanol–water partition coefficient (Wildman–Crippen LogP) is 13.9. The van der Waals surface area contributed by atoms with Crippen LogP contribution in [0.5, 0.6) is 0 Å². The summed E-state index contributed by atoms with van der Waals surface area (Å²) in [7, 11) is 0. The van der Waals surface area contributed by atoms with Crippen LogP contribution in [0.3, 0.4) is 0 Å². The number of rotatable bonds is 46. The molecule has 10 heteroatoms. The topological polar surface area (TPSA) is 117 Å². The van der Waals surface area contributed by atoms with Crippen molar-refractivity contribution in [2.45, 2.75) is 284 Å². The van der Waals surface area contributed by atoms with Gasteiger partial charge in [-0.15, -0.1) is 0 Å². The molecular formula is C58H109N3O7. The van der Waals surface area contributed by atoms with Crippen LogP contribution in [0.2, 0.25) is 0 Å². The van der Waals surface area contributed by atoms with E-state index in [1.165, 1.54) is 103 Å². The Labute approximate surface area is 418 Å². The number of hydrogen-bond donors (Lipinski definition) is 1. The summed E-state index contributed by atoms with van der Waals surface area (Å²) in [5.74, 6) is 0.0139. The normalized spacial score (nSPS) is 17.0. The van der Waals surface area contributed by atoms with Gasteiger partial charge in [0.25, 0.3) is 0 Å². The molecule has 2 saturated heterocycles. The Morgan fingerprint density at radius 3 is 1.12 bits per heavy atom. The molecule has 4 unspecified atom stereocenters. The zero-order valence-corrected chi connectivity index (χ0v) is 45.1. The SMILES string of the molecule is CCCCCCCCC(CCCCCC)C(=O)N1CCCC1C(=O)OCCCCCCN(CCCCO)CCCCCCOC(=O)C1CCCN1C(=O)C(CCCCCC)CCCCCCCC. The molecule has 2 aliphatic heterocycles. The van der Waals surface area contributed by atoms with E-state index >= 15 is 0 Å². The van der Waals surface area contributed by atoms with Crippen molar-refractivity contribution in [3.63, 3.8) is 0 Å². The van der Waals surface area contributed by atoms with Crippen LogP contribution in [-0.4, -0.2) is 108 Å². The van der Waals surface area contributed by atoms with Gasteiger partial charge in [0.1, 0.15) is 12.1 Å². The number of nitrogens with zero attached hydrogens (tertiary/aromatic N) is 3. The van der Waals surface area contributed by atoms with E-state index < -0.39 is 12.1 Å². The third-order valence-electron chi connectivity index (χ3n) is 15.0. The van der Waals surface area contributed by atoms with Crippen LogP contribution in [0.1, 0.15) is 272 Å². The summed E-state index contributed by atoms with van der Waals surface area (Å²) in [6, 6.07) is -0.843. The van der Waals surface area contributed by atoms with Crippen molar-refractivity contribution in [2.24, 2.45) is 11.8 Å². The van der Waals surface area contributed by atoms with Gasteiger partial charge in [0, 0.05) is 31.5 Å². The van der Waals surface area contributed by atoms with Gasteiger partial charge in [-0.3, -0.25) is 9.59 Å². The minimum atomic E-state index is -0.422. The fraction of sp³-hybridized carbons (Fsp3) is 0.931. The number of aliphatic hydroxyl groups is 1. The molecule has 10 nitrogen and oxygen atoms in total. The number of hydrogen-bond acceptors (Lipinski definition) is 8. The standard InChI is InChI=1S/C58H109N3O7/c1-5-9-13-17-19-27-39-51(37-25-15-11-7-3)55(63)60-46-35-41-53(60)57(65)67-49-33-23-21-29-43-59(45-31-32-48-62)44-30-22-24-34-50-68-58(66)54-42-36-47-61(54)56(64)52(38-26-16-12-8-4)40-28-20-18-14-10-6-2/h51-54,62H,5-50H2,1-4H3. The minimum Gasteiger partial charge on any atom is -0.464 e. The van der Waals surface area contributed by atoms with Gasteiger partial charge in [-0.1, -0.05) is 182 Å². The molecule has 0 aromatic carbocycles. The Bertz CT molecular complexity index is 1160. The second kappa shape index (κ2) is 42.5. The van der Waals surface area contributed by atoms with Gasteiger partial charge in [-0.25, -0.2) is 9.59 Å². The molecule has 0 aromatic rings. The Morgan fingerprint density at radius 2 is 0.750 bits per heavy atom. The molecular weight excluding hydrogens is 851 g/mol. The van der Waals surface area contributed by atoms with Gasteiger partial charge < -0.3 is 29.3 Å². The van der Waals surface area contributed by atoms with Crippen molar-refractivity contribution in [3.8, 4) is 0 Å². The summed E-state index contributed by atoms with van der Waals surface area (Å²) >= 11 is 0.